The standard InChI is InChI=1S/C17H30N2O/c1-3-15(14-9-5-4-6-10-14)19-13(2)18-17(16(19)20)11-7-8-12-17/h13-15,18H,3-12H2,1-2H3. The van der Waals surface area contributed by atoms with Crippen LogP contribution in [0.25, 0.3) is 0 Å². The summed E-state index contributed by atoms with van der Waals surface area (Å²) in [5, 5.41) is 3.66. The number of nitrogens with one attached hydrogen (secondary N) is 1. The Kier molecular flexibility index (Phi) is 4.07. The van der Waals surface area contributed by atoms with Gasteiger partial charge in [0.1, 0.15) is 0 Å². The van der Waals surface area contributed by atoms with Gasteiger partial charge in [0.25, 0.3) is 0 Å². The summed E-state index contributed by atoms with van der Waals surface area (Å²) in [4.78, 5) is 15.3. The van der Waals surface area contributed by atoms with E-state index in [1.165, 1.54) is 44.9 Å². The second-order valence-corrected chi connectivity index (χ2v) is 7.20. The summed E-state index contributed by atoms with van der Waals surface area (Å²) < 4.78 is 0. The lowest BCUT2D eigenvalue weighted by atomic mass is 9.81. The first kappa shape index (κ1) is 14.4. The molecule has 1 heterocycles. The molecule has 1 spiro atoms. The molecule has 0 aromatic heterocycles. The largest absolute Gasteiger partial charge is 0.323 e. The van der Waals surface area contributed by atoms with Crippen LogP contribution < -0.4 is 5.32 Å². The van der Waals surface area contributed by atoms with Crippen molar-refractivity contribution >= 4 is 5.91 Å². The smallest absolute Gasteiger partial charge is 0.244 e. The van der Waals surface area contributed by atoms with E-state index >= 15 is 0 Å². The number of amides is 1. The molecule has 20 heavy (non-hydrogen) atoms. The minimum absolute atomic E-state index is 0.193. The SMILES string of the molecule is CCC(C1CCCCC1)N1C(=O)C2(CCCC2)NC1C. The Morgan fingerprint density at radius 1 is 1.20 bits per heavy atom. The van der Waals surface area contributed by atoms with Crippen LogP contribution in [0.4, 0.5) is 0 Å². The Hall–Kier alpha value is -0.570. The summed E-state index contributed by atoms with van der Waals surface area (Å²) in [6.07, 6.45) is 12.6. The van der Waals surface area contributed by atoms with Gasteiger partial charge >= 0.3 is 0 Å². The third kappa shape index (κ3) is 2.28. The fraction of sp³-hybridized carbons (Fsp3) is 0.941. The molecule has 1 N–H and O–H groups in total. The molecule has 0 radical (unpaired) electrons. The summed E-state index contributed by atoms with van der Waals surface area (Å²) in [5.41, 5.74) is -0.193. The number of carbonyl (C=O) groups excluding carboxylic acids is 1. The molecule has 114 valence electrons. The molecular formula is C17H30N2O. The quantitative estimate of drug-likeness (QED) is 0.857. The molecule has 1 aliphatic heterocycles. The van der Waals surface area contributed by atoms with Gasteiger partial charge < -0.3 is 4.90 Å². The van der Waals surface area contributed by atoms with Crippen LogP contribution >= 0.6 is 0 Å². The molecule has 2 saturated carbocycles. The van der Waals surface area contributed by atoms with Crippen molar-refractivity contribution in [3.05, 3.63) is 0 Å². The average molecular weight is 278 g/mol. The second kappa shape index (κ2) is 5.67. The Morgan fingerprint density at radius 3 is 2.45 bits per heavy atom. The van der Waals surface area contributed by atoms with Crippen molar-refractivity contribution in [3.63, 3.8) is 0 Å². The molecule has 1 saturated heterocycles. The average Bonchev–Trinajstić information content (AvgIpc) is 3.02. The van der Waals surface area contributed by atoms with Crippen molar-refractivity contribution in [2.45, 2.75) is 95.8 Å². The highest BCUT2D eigenvalue weighted by Gasteiger charge is 2.53. The number of hydrogen-bond donors (Lipinski definition) is 1. The number of hydrogen-bond acceptors (Lipinski definition) is 2. The summed E-state index contributed by atoms with van der Waals surface area (Å²) in [6.45, 7) is 4.45. The van der Waals surface area contributed by atoms with Crippen molar-refractivity contribution in [2.75, 3.05) is 0 Å². The molecule has 2 aliphatic carbocycles. The van der Waals surface area contributed by atoms with Gasteiger partial charge in [-0.3, -0.25) is 10.1 Å². The molecule has 1 amide bonds. The Morgan fingerprint density at radius 2 is 1.85 bits per heavy atom. The Labute approximate surface area is 123 Å². The summed E-state index contributed by atoms with van der Waals surface area (Å²) in [6, 6.07) is 0.463. The van der Waals surface area contributed by atoms with Crippen molar-refractivity contribution in [3.8, 4) is 0 Å². The monoisotopic (exact) mass is 278 g/mol. The highest BCUT2D eigenvalue weighted by Crippen LogP contribution is 2.40. The number of rotatable bonds is 3. The van der Waals surface area contributed by atoms with Gasteiger partial charge in [-0.1, -0.05) is 39.0 Å². The van der Waals surface area contributed by atoms with Crippen LogP contribution in [0.1, 0.15) is 78.1 Å². The van der Waals surface area contributed by atoms with Gasteiger partial charge in [0, 0.05) is 6.04 Å². The highest BCUT2D eigenvalue weighted by molar-refractivity contribution is 5.89. The minimum Gasteiger partial charge on any atom is -0.323 e. The third-order valence-electron chi connectivity index (χ3n) is 5.97. The minimum atomic E-state index is -0.193. The lowest BCUT2D eigenvalue weighted by molar-refractivity contribution is -0.136. The maximum atomic E-state index is 13.0. The lowest BCUT2D eigenvalue weighted by Crippen LogP contribution is -2.48. The van der Waals surface area contributed by atoms with E-state index in [1.54, 1.807) is 0 Å². The van der Waals surface area contributed by atoms with Crippen LogP contribution in [0, 0.1) is 5.92 Å². The van der Waals surface area contributed by atoms with Gasteiger partial charge in [-0.2, -0.15) is 0 Å². The third-order valence-corrected chi connectivity index (χ3v) is 5.97. The predicted octanol–water partition coefficient (Wildman–Crippen LogP) is 3.44. The molecule has 3 aliphatic rings. The van der Waals surface area contributed by atoms with Gasteiger partial charge in [0.2, 0.25) is 5.91 Å². The zero-order chi connectivity index (χ0) is 14.2. The molecule has 0 aromatic rings. The van der Waals surface area contributed by atoms with Gasteiger partial charge in [0.15, 0.2) is 0 Å². The molecule has 3 fully saturated rings. The van der Waals surface area contributed by atoms with E-state index < -0.39 is 0 Å². The first-order valence-electron chi connectivity index (χ1n) is 8.78. The van der Waals surface area contributed by atoms with Gasteiger partial charge in [-0.15, -0.1) is 0 Å². The first-order valence-corrected chi connectivity index (χ1v) is 8.78. The fourth-order valence-corrected chi connectivity index (χ4v) is 5.00. The van der Waals surface area contributed by atoms with E-state index in [2.05, 4.69) is 24.1 Å². The van der Waals surface area contributed by atoms with Gasteiger partial charge in [-0.05, 0) is 44.9 Å². The van der Waals surface area contributed by atoms with Gasteiger partial charge in [-0.25, -0.2) is 0 Å². The van der Waals surface area contributed by atoms with Crippen LogP contribution in [-0.4, -0.2) is 28.6 Å². The van der Waals surface area contributed by atoms with E-state index in [1.807, 2.05) is 0 Å². The maximum absolute atomic E-state index is 13.0. The van der Waals surface area contributed by atoms with Crippen molar-refractivity contribution < 1.29 is 4.79 Å². The van der Waals surface area contributed by atoms with Crippen molar-refractivity contribution in [1.82, 2.24) is 10.2 Å². The molecule has 3 nitrogen and oxygen atoms in total. The van der Waals surface area contributed by atoms with Crippen LogP contribution in [0.15, 0.2) is 0 Å². The van der Waals surface area contributed by atoms with Crippen molar-refractivity contribution in [1.29, 1.82) is 0 Å². The zero-order valence-electron chi connectivity index (χ0n) is 13.2. The summed E-state index contributed by atoms with van der Waals surface area (Å²) in [7, 11) is 0. The second-order valence-electron chi connectivity index (χ2n) is 7.20. The van der Waals surface area contributed by atoms with E-state index in [4.69, 9.17) is 0 Å². The number of nitrogens with zero attached hydrogens (tertiary/aromatic N) is 1. The van der Waals surface area contributed by atoms with Crippen LogP contribution in [-0.2, 0) is 4.79 Å². The normalized spacial score (nSPS) is 32.2. The zero-order valence-corrected chi connectivity index (χ0v) is 13.2. The molecule has 2 atom stereocenters. The van der Waals surface area contributed by atoms with E-state index in [9.17, 15) is 4.79 Å². The van der Waals surface area contributed by atoms with Crippen LogP contribution in [0.3, 0.4) is 0 Å². The number of carbonyl (C=O) groups is 1. The maximum Gasteiger partial charge on any atom is 0.244 e. The summed E-state index contributed by atoms with van der Waals surface area (Å²) in [5.74, 6) is 1.15. The highest BCUT2D eigenvalue weighted by atomic mass is 16.2. The molecule has 3 heteroatoms. The van der Waals surface area contributed by atoms with Crippen molar-refractivity contribution in [2.24, 2.45) is 5.92 Å². The fourth-order valence-electron chi connectivity index (χ4n) is 5.00. The van der Waals surface area contributed by atoms with Crippen LogP contribution in [0.5, 0.6) is 0 Å². The van der Waals surface area contributed by atoms with E-state index in [0.29, 0.717) is 11.9 Å². The van der Waals surface area contributed by atoms with Crippen LogP contribution in [0.2, 0.25) is 0 Å². The Balaban J connectivity index is 1.78. The Bertz CT molecular complexity index is 356. The topological polar surface area (TPSA) is 32.3 Å². The molecule has 0 bridgehead atoms. The van der Waals surface area contributed by atoms with E-state index in [0.717, 1.165) is 25.2 Å². The predicted molar refractivity (Wildman–Crippen MR) is 81.3 cm³/mol. The molecule has 3 rings (SSSR count). The van der Waals surface area contributed by atoms with Gasteiger partial charge in [0.05, 0.1) is 11.7 Å². The molecular weight excluding hydrogens is 248 g/mol. The summed E-state index contributed by atoms with van der Waals surface area (Å²) >= 11 is 0. The lowest BCUT2D eigenvalue weighted by Gasteiger charge is -2.38. The molecule has 2 unspecified atom stereocenters. The first-order chi connectivity index (χ1) is 9.68. The molecule has 0 aromatic carbocycles. The van der Waals surface area contributed by atoms with E-state index in [-0.39, 0.29) is 11.7 Å².